The van der Waals surface area contributed by atoms with Crippen molar-refractivity contribution in [3.8, 4) is 22.2 Å². The van der Waals surface area contributed by atoms with Gasteiger partial charge in [0.25, 0.3) is 0 Å². The van der Waals surface area contributed by atoms with Gasteiger partial charge >= 0.3 is 0 Å². The summed E-state index contributed by atoms with van der Waals surface area (Å²) in [7, 11) is 3.43. The fourth-order valence-corrected chi connectivity index (χ4v) is 4.34. The molecule has 0 amide bonds. The Morgan fingerprint density at radius 3 is 2.96 bits per heavy atom. The molecule has 0 saturated carbocycles. The smallest absolute Gasteiger partial charge is 0.147 e. The number of H-pyrrole nitrogens is 1. The van der Waals surface area contributed by atoms with E-state index in [1.165, 1.54) is 16.9 Å². The monoisotopic (exact) mass is 369 g/mol. The van der Waals surface area contributed by atoms with Gasteiger partial charge in [0.15, 0.2) is 0 Å². The Hall–Kier alpha value is -2.31. The van der Waals surface area contributed by atoms with Crippen molar-refractivity contribution in [1.82, 2.24) is 14.9 Å². The van der Waals surface area contributed by atoms with Crippen molar-refractivity contribution in [2.75, 3.05) is 20.8 Å². The predicted octanol–water partition coefficient (Wildman–Crippen LogP) is 4.49. The number of nitrogens with zero attached hydrogens (tertiary/aromatic N) is 2. The maximum Gasteiger partial charge on any atom is 0.147 e. The standard InChI is InChI=1S/C20H23N3O2S/c1-24-15-7-8-18(25-2)16(11-15)17-5-3-9-23(17)13-14-12-21-20(22-14)19-6-4-10-26-19/h4,6-8,10-12,17H,3,5,9,13H2,1-2H3,(H,21,22). The lowest BCUT2D eigenvalue weighted by molar-refractivity contribution is 0.240. The molecular formula is C20H23N3O2S. The van der Waals surface area contributed by atoms with Crippen LogP contribution in [-0.4, -0.2) is 35.6 Å². The Bertz CT molecular complexity index is 860. The van der Waals surface area contributed by atoms with Crippen LogP contribution in [0.1, 0.15) is 30.1 Å². The first-order valence-electron chi connectivity index (χ1n) is 8.82. The van der Waals surface area contributed by atoms with E-state index in [2.05, 4.69) is 32.4 Å². The number of methoxy groups -OCH3 is 2. The summed E-state index contributed by atoms with van der Waals surface area (Å²) >= 11 is 1.70. The molecule has 1 unspecified atom stereocenters. The molecule has 2 aromatic heterocycles. The minimum absolute atomic E-state index is 0.327. The first kappa shape index (κ1) is 17.1. The summed E-state index contributed by atoms with van der Waals surface area (Å²) in [6.07, 6.45) is 4.25. The van der Waals surface area contributed by atoms with E-state index < -0.39 is 0 Å². The average Bonchev–Trinajstić information content (AvgIpc) is 3.42. The molecule has 6 heteroatoms. The molecule has 0 bridgehead atoms. The zero-order valence-corrected chi connectivity index (χ0v) is 15.9. The van der Waals surface area contributed by atoms with E-state index in [0.29, 0.717) is 6.04 Å². The lowest BCUT2D eigenvalue weighted by Gasteiger charge is -2.26. The molecule has 1 aliphatic heterocycles. The number of rotatable bonds is 6. The molecule has 1 fully saturated rings. The SMILES string of the molecule is COc1ccc(OC)c(C2CCCN2Cc2cnc(-c3cccs3)[nH]2)c1. The molecule has 0 spiro atoms. The molecule has 3 heterocycles. The van der Waals surface area contributed by atoms with Crippen LogP contribution in [0.3, 0.4) is 0 Å². The first-order valence-corrected chi connectivity index (χ1v) is 9.70. The van der Waals surface area contributed by atoms with Gasteiger partial charge in [-0.25, -0.2) is 4.98 Å². The maximum atomic E-state index is 5.61. The second kappa shape index (κ2) is 7.51. The molecule has 1 aromatic carbocycles. The number of nitrogens with one attached hydrogen (secondary N) is 1. The summed E-state index contributed by atoms with van der Waals surface area (Å²) in [5, 5.41) is 2.07. The van der Waals surface area contributed by atoms with Crippen LogP contribution in [0.2, 0.25) is 0 Å². The fourth-order valence-electron chi connectivity index (χ4n) is 3.66. The highest BCUT2D eigenvalue weighted by atomic mass is 32.1. The summed E-state index contributed by atoms with van der Waals surface area (Å²) < 4.78 is 11.0. The van der Waals surface area contributed by atoms with Gasteiger partial charge in [-0.1, -0.05) is 6.07 Å². The van der Waals surface area contributed by atoms with Crippen LogP contribution in [-0.2, 0) is 6.54 Å². The van der Waals surface area contributed by atoms with Crippen LogP contribution in [0, 0.1) is 0 Å². The minimum atomic E-state index is 0.327. The minimum Gasteiger partial charge on any atom is -0.497 e. The van der Waals surface area contributed by atoms with E-state index in [1.54, 1.807) is 25.6 Å². The quantitative estimate of drug-likeness (QED) is 0.695. The van der Waals surface area contributed by atoms with Gasteiger partial charge in [0.1, 0.15) is 17.3 Å². The van der Waals surface area contributed by atoms with Crippen LogP contribution in [0.5, 0.6) is 11.5 Å². The van der Waals surface area contributed by atoms with Crippen LogP contribution < -0.4 is 9.47 Å². The number of hydrogen-bond acceptors (Lipinski definition) is 5. The van der Waals surface area contributed by atoms with Gasteiger partial charge in [0.05, 0.1) is 19.1 Å². The van der Waals surface area contributed by atoms with Gasteiger partial charge in [-0.15, -0.1) is 11.3 Å². The third kappa shape index (κ3) is 3.34. The third-order valence-electron chi connectivity index (χ3n) is 4.92. The maximum absolute atomic E-state index is 5.61. The molecular weight excluding hydrogens is 346 g/mol. The van der Waals surface area contributed by atoms with Crippen molar-refractivity contribution in [1.29, 1.82) is 0 Å². The van der Waals surface area contributed by atoms with Crippen molar-refractivity contribution >= 4 is 11.3 Å². The number of thiophene rings is 1. The predicted molar refractivity (Wildman–Crippen MR) is 104 cm³/mol. The van der Waals surface area contributed by atoms with E-state index in [-0.39, 0.29) is 0 Å². The lowest BCUT2D eigenvalue weighted by Crippen LogP contribution is -2.23. The Morgan fingerprint density at radius 2 is 2.19 bits per heavy atom. The van der Waals surface area contributed by atoms with Gasteiger partial charge in [-0.2, -0.15) is 0 Å². The summed E-state index contributed by atoms with van der Waals surface area (Å²) in [5.41, 5.74) is 2.34. The second-order valence-corrected chi connectivity index (χ2v) is 7.42. The normalized spacial score (nSPS) is 17.5. The number of likely N-dealkylation sites (tertiary alicyclic amines) is 1. The summed E-state index contributed by atoms with van der Waals surface area (Å²) in [6.45, 7) is 1.92. The van der Waals surface area contributed by atoms with E-state index >= 15 is 0 Å². The third-order valence-corrected chi connectivity index (χ3v) is 5.79. The van der Waals surface area contributed by atoms with Gasteiger partial charge in [-0.05, 0) is 49.0 Å². The van der Waals surface area contributed by atoms with E-state index in [0.717, 1.165) is 42.5 Å². The Morgan fingerprint density at radius 1 is 1.27 bits per heavy atom. The van der Waals surface area contributed by atoms with Crippen molar-refractivity contribution in [2.45, 2.75) is 25.4 Å². The van der Waals surface area contributed by atoms with Crippen LogP contribution in [0.4, 0.5) is 0 Å². The molecule has 0 aliphatic carbocycles. The summed E-state index contributed by atoms with van der Waals surface area (Å²) in [6, 6.07) is 10.5. The van der Waals surface area contributed by atoms with Crippen molar-refractivity contribution in [3.63, 3.8) is 0 Å². The van der Waals surface area contributed by atoms with Gasteiger partial charge in [-0.3, -0.25) is 4.90 Å². The molecule has 1 atom stereocenters. The zero-order valence-electron chi connectivity index (χ0n) is 15.1. The molecule has 1 saturated heterocycles. The van der Waals surface area contributed by atoms with Crippen LogP contribution >= 0.6 is 11.3 Å². The number of benzene rings is 1. The number of aromatic amines is 1. The summed E-state index contributed by atoms with van der Waals surface area (Å²) in [5.74, 6) is 2.74. The van der Waals surface area contributed by atoms with E-state index in [4.69, 9.17) is 9.47 Å². The fraction of sp³-hybridized carbons (Fsp3) is 0.350. The molecule has 26 heavy (non-hydrogen) atoms. The number of imidazole rings is 1. The van der Waals surface area contributed by atoms with Crippen molar-refractivity contribution in [2.24, 2.45) is 0 Å². The van der Waals surface area contributed by atoms with Crippen LogP contribution in [0.25, 0.3) is 10.7 Å². The highest BCUT2D eigenvalue weighted by Gasteiger charge is 2.29. The zero-order chi connectivity index (χ0) is 17.9. The average molecular weight is 369 g/mol. The molecule has 136 valence electrons. The Kier molecular flexibility index (Phi) is 4.95. The van der Waals surface area contributed by atoms with E-state index in [9.17, 15) is 0 Å². The summed E-state index contributed by atoms with van der Waals surface area (Å²) in [4.78, 5) is 11.7. The largest absolute Gasteiger partial charge is 0.497 e. The van der Waals surface area contributed by atoms with Gasteiger partial charge in [0.2, 0.25) is 0 Å². The van der Waals surface area contributed by atoms with Crippen LogP contribution in [0.15, 0.2) is 41.9 Å². The number of ether oxygens (including phenoxy) is 2. The van der Waals surface area contributed by atoms with E-state index in [1.807, 2.05) is 24.4 Å². The Labute approximate surface area is 157 Å². The highest BCUT2D eigenvalue weighted by molar-refractivity contribution is 7.13. The molecule has 1 aliphatic rings. The first-order chi connectivity index (χ1) is 12.8. The molecule has 0 radical (unpaired) electrons. The highest BCUT2D eigenvalue weighted by Crippen LogP contribution is 2.39. The van der Waals surface area contributed by atoms with Crippen molar-refractivity contribution in [3.05, 3.63) is 53.2 Å². The molecule has 1 N–H and O–H groups in total. The lowest BCUT2D eigenvalue weighted by atomic mass is 10.0. The van der Waals surface area contributed by atoms with Gasteiger partial charge < -0.3 is 14.5 Å². The second-order valence-electron chi connectivity index (χ2n) is 6.47. The topological polar surface area (TPSA) is 50.4 Å². The number of hydrogen-bond donors (Lipinski definition) is 1. The van der Waals surface area contributed by atoms with Crippen molar-refractivity contribution < 1.29 is 9.47 Å². The number of aromatic nitrogens is 2. The molecule has 4 rings (SSSR count). The molecule has 3 aromatic rings. The van der Waals surface area contributed by atoms with Gasteiger partial charge in [0, 0.05) is 30.0 Å². The Balaban J connectivity index is 1.56. The molecule has 5 nitrogen and oxygen atoms in total.